The van der Waals surface area contributed by atoms with Crippen LogP contribution in [0.15, 0.2) is 12.1 Å². The highest BCUT2D eigenvalue weighted by molar-refractivity contribution is 7.18. The number of rotatable bonds is 4. The summed E-state index contributed by atoms with van der Waals surface area (Å²) < 4.78 is 39.8. The smallest absolute Gasteiger partial charge is 0.278 e. The predicted molar refractivity (Wildman–Crippen MR) is 68.2 cm³/mol. The van der Waals surface area contributed by atoms with Crippen LogP contribution in [0.1, 0.15) is 24.5 Å². The number of anilines is 1. The average Bonchev–Trinajstić information content (AvgIpc) is 2.20. The zero-order valence-electron chi connectivity index (χ0n) is 10.2. The van der Waals surface area contributed by atoms with Gasteiger partial charge >= 0.3 is 0 Å². The monoisotopic (exact) mass is 263 g/mol. The van der Waals surface area contributed by atoms with E-state index in [-0.39, 0.29) is 12.2 Å². The summed E-state index contributed by atoms with van der Waals surface area (Å²) in [7, 11) is 1.51. The topological polar surface area (TPSA) is 12.0 Å². The van der Waals surface area contributed by atoms with E-state index in [1.165, 1.54) is 15.3 Å². The number of benzene rings is 1. The number of hydrogen-bond donors (Lipinski definition) is 1. The molecule has 5 heteroatoms. The van der Waals surface area contributed by atoms with Crippen LogP contribution in [0.4, 0.5) is 18.9 Å². The lowest BCUT2D eigenvalue weighted by Crippen LogP contribution is -2.34. The fraction of sp³-hybridized carbons (Fsp3) is 0.500. The first-order valence-corrected chi connectivity index (χ1v) is 6.03. The molecule has 0 heterocycles. The van der Waals surface area contributed by atoms with Crippen molar-refractivity contribution in [3.8, 4) is 0 Å². The van der Waals surface area contributed by atoms with Crippen molar-refractivity contribution in [2.75, 3.05) is 5.32 Å². The summed E-state index contributed by atoms with van der Waals surface area (Å²) in [5.41, 5.74) is -1.24. The number of hydrogen-bond acceptors (Lipinski definition) is 1. The van der Waals surface area contributed by atoms with Gasteiger partial charge in [-0.1, -0.05) is 16.2 Å². The van der Waals surface area contributed by atoms with E-state index in [2.05, 4.69) is 5.32 Å². The highest BCUT2D eigenvalue weighted by atomic mass is 31.0. The number of nitrogens with one attached hydrogen (secondary N) is 1. The van der Waals surface area contributed by atoms with E-state index in [1.807, 2.05) is 0 Å². The molecule has 0 spiro atoms. The zero-order valence-corrected chi connectivity index (χ0v) is 11.3. The lowest BCUT2D eigenvalue weighted by atomic mass is 10.1. The van der Waals surface area contributed by atoms with Crippen LogP contribution >= 0.6 is 9.24 Å². The highest BCUT2D eigenvalue weighted by Crippen LogP contribution is 2.31. The van der Waals surface area contributed by atoms with Crippen LogP contribution in [-0.2, 0) is 0 Å². The largest absolute Gasteiger partial charge is 0.376 e. The fourth-order valence-electron chi connectivity index (χ4n) is 1.57. The summed E-state index contributed by atoms with van der Waals surface area (Å²) in [4.78, 5) is 0. The van der Waals surface area contributed by atoms with Crippen LogP contribution in [0.3, 0.4) is 0 Å². The van der Waals surface area contributed by atoms with Crippen molar-refractivity contribution in [1.82, 2.24) is 0 Å². The van der Waals surface area contributed by atoms with Gasteiger partial charge in [-0.3, -0.25) is 0 Å². The molecular weight excluding hydrogens is 246 g/mol. The summed E-state index contributed by atoms with van der Waals surface area (Å²) in [6.45, 7) is 5.08. The maximum Gasteiger partial charge on any atom is 0.278 e. The van der Waals surface area contributed by atoms with Crippen LogP contribution < -0.4 is 5.32 Å². The Morgan fingerprint density at radius 3 is 2.35 bits per heavy atom. The lowest BCUT2D eigenvalue weighted by Gasteiger charge is -2.24. The molecule has 96 valence electrons. The van der Waals surface area contributed by atoms with Gasteiger partial charge < -0.3 is 5.32 Å². The minimum absolute atomic E-state index is 0.255. The Kier molecular flexibility index (Phi) is 4.42. The molecule has 0 saturated heterocycles. The van der Waals surface area contributed by atoms with Crippen molar-refractivity contribution >= 4 is 14.9 Å². The van der Waals surface area contributed by atoms with Crippen molar-refractivity contribution in [3.05, 3.63) is 29.1 Å². The number of halogens is 3. The van der Waals surface area contributed by atoms with Crippen LogP contribution in [0, 0.1) is 19.7 Å². The van der Waals surface area contributed by atoms with E-state index in [1.54, 1.807) is 26.8 Å². The quantitative estimate of drug-likeness (QED) is 0.806. The summed E-state index contributed by atoms with van der Waals surface area (Å²) in [6.07, 6.45) is 0.255. The second-order valence-electron chi connectivity index (χ2n) is 4.18. The predicted octanol–water partition coefficient (Wildman–Crippen LogP) is 4.10. The van der Waals surface area contributed by atoms with E-state index in [9.17, 15) is 13.2 Å². The SMILES string of the molecule is CCC(Nc1cc(C)c(C)c(F)c1)C(F)(F)P. The molecule has 0 bridgehead atoms. The second-order valence-corrected chi connectivity index (χ2v) is 4.95. The molecule has 0 fully saturated rings. The summed E-state index contributed by atoms with van der Waals surface area (Å²) >= 11 is 0. The van der Waals surface area contributed by atoms with Crippen molar-refractivity contribution in [1.29, 1.82) is 0 Å². The summed E-state index contributed by atoms with van der Waals surface area (Å²) in [5, 5.41) is 2.67. The van der Waals surface area contributed by atoms with Gasteiger partial charge in [-0.05, 0) is 43.5 Å². The van der Waals surface area contributed by atoms with E-state index >= 15 is 0 Å². The van der Waals surface area contributed by atoms with Crippen LogP contribution in [-0.4, -0.2) is 11.7 Å². The van der Waals surface area contributed by atoms with Crippen LogP contribution in [0.2, 0.25) is 0 Å². The number of alkyl halides is 2. The maximum absolute atomic E-state index is 13.5. The zero-order chi connectivity index (χ0) is 13.2. The van der Waals surface area contributed by atoms with E-state index in [0.717, 1.165) is 5.56 Å². The van der Waals surface area contributed by atoms with Crippen molar-refractivity contribution in [2.24, 2.45) is 0 Å². The molecule has 1 rings (SSSR count). The third kappa shape index (κ3) is 3.60. The van der Waals surface area contributed by atoms with Gasteiger partial charge in [-0.2, -0.15) is 0 Å². The van der Waals surface area contributed by atoms with E-state index in [0.29, 0.717) is 11.3 Å². The minimum Gasteiger partial charge on any atom is -0.376 e. The molecular formula is C12H17F3NP. The first kappa shape index (κ1) is 14.3. The third-order valence-electron chi connectivity index (χ3n) is 2.82. The molecule has 0 aromatic heterocycles. The van der Waals surface area contributed by atoms with Crippen LogP contribution in [0.25, 0.3) is 0 Å². The molecule has 2 atom stereocenters. The number of aryl methyl sites for hydroxylation is 1. The summed E-state index contributed by atoms with van der Waals surface area (Å²) in [6, 6.07) is 1.91. The molecule has 1 aromatic rings. The average molecular weight is 263 g/mol. The molecule has 17 heavy (non-hydrogen) atoms. The first-order valence-electron chi connectivity index (χ1n) is 5.45. The molecule has 0 aliphatic carbocycles. The molecule has 0 saturated carbocycles. The lowest BCUT2D eigenvalue weighted by molar-refractivity contribution is 0.0800. The Bertz CT molecular complexity index is 378. The molecule has 2 unspecified atom stereocenters. The Morgan fingerprint density at radius 2 is 1.94 bits per heavy atom. The molecule has 0 aliphatic heterocycles. The molecule has 0 aliphatic rings. The Labute approximate surface area is 102 Å². The van der Waals surface area contributed by atoms with Gasteiger partial charge in [0.1, 0.15) is 5.82 Å². The van der Waals surface area contributed by atoms with Crippen molar-refractivity contribution in [2.45, 2.75) is 38.9 Å². The third-order valence-corrected chi connectivity index (χ3v) is 3.22. The van der Waals surface area contributed by atoms with E-state index < -0.39 is 11.7 Å². The minimum atomic E-state index is -2.91. The van der Waals surface area contributed by atoms with Gasteiger partial charge in [0.15, 0.2) is 0 Å². The Balaban J connectivity index is 2.95. The molecule has 1 N–H and O–H groups in total. The van der Waals surface area contributed by atoms with Gasteiger partial charge in [0, 0.05) is 5.69 Å². The molecule has 0 radical (unpaired) electrons. The van der Waals surface area contributed by atoms with Gasteiger partial charge in [0.05, 0.1) is 6.04 Å². The standard InChI is InChI=1S/C12H17F3NP/c1-4-11(12(14,15)17)16-9-5-7(2)8(3)10(13)6-9/h5-6,11,16H,4,17H2,1-3H3. The Morgan fingerprint density at radius 1 is 1.35 bits per heavy atom. The van der Waals surface area contributed by atoms with Crippen molar-refractivity contribution < 1.29 is 13.2 Å². The van der Waals surface area contributed by atoms with Gasteiger partial charge in [-0.15, -0.1) is 0 Å². The second kappa shape index (κ2) is 5.26. The fourth-order valence-corrected chi connectivity index (χ4v) is 1.89. The Hall–Kier alpha value is -0.760. The molecule has 1 aromatic carbocycles. The molecule has 0 amide bonds. The van der Waals surface area contributed by atoms with Gasteiger partial charge in [0.25, 0.3) is 5.66 Å². The van der Waals surface area contributed by atoms with E-state index in [4.69, 9.17) is 0 Å². The van der Waals surface area contributed by atoms with Crippen LogP contribution in [0.5, 0.6) is 0 Å². The summed E-state index contributed by atoms with van der Waals surface area (Å²) in [5.74, 6) is -0.380. The van der Waals surface area contributed by atoms with Gasteiger partial charge in [-0.25, -0.2) is 13.2 Å². The van der Waals surface area contributed by atoms with Crippen molar-refractivity contribution in [3.63, 3.8) is 0 Å². The van der Waals surface area contributed by atoms with Gasteiger partial charge in [0.2, 0.25) is 0 Å². The normalized spacial score (nSPS) is 13.6. The molecule has 1 nitrogen and oxygen atoms in total. The first-order chi connectivity index (χ1) is 7.75. The highest BCUT2D eigenvalue weighted by Gasteiger charge is 2.32. The maximum atomic E-state index is 13.5.